The van der Waals surface area contributed by atoms with Gasteiger partial charge in [0.25, 0.3) is 0 Å². The van der Waals surface area contributed by atoms with Gasteiger partial charge in [-0.3, -0.25) is 4.90 Å². The quantitative estimate of drug-likeness (QED) is 0.451. The Morgan fingerprint density at radius 2 is 1.86 bits per heavy atom. The number of nitrogens with zero attached hydrogens (tertiary/aromatic N) is 2. The number of piperidine rings is 1. The van der Waals surface area contributed by atoms with E-state index in [1.807, 2.05) is 0 Å². The highest BCUT2D eigenvalue weighted by molar-refractivity contribution is 7.91. The van der Waals surface area contributed by atoms with Gasteiger partial charge < -0.3 is 4.74 Å². The molecule has 3 atom stereocenters. The molecular weight excluding hydrogens is 523 g/mol. The predicted molar refractivity (Wildman–Crippen MR) is 136 cm³/mol. The van der Waals surface area contributed by atoms with Crippen LogP contribution in [0.1, 0.15) is 47.5 Å². The smallest absolute Gasteiger partial charge is 0.185 e. The molecule has 5 rings (SSSR count). The Hall–Kier alpha value is -2.34. The van der Waals surface area contributed by atoms with Gasteiger partial charge in [0, 0.05) is 48.4 Å². The van der Waals surface area contributed by atoms with Crippen molar-refractivity contribution >= 4 is 31.0 Å². The zero-order chi connectivity index (χ0) is 25.5. The van der Waals surface area contributed by atoms with Gasteiger partial charge in [-0.1, -0.05) is 18.2 Å². The Balaban J connectivity index is 1.47. The van der Waals surface area contributed by atoms with E-state index in [1.54, 1.807) is 41.9 Å². The first-order valence-corrected chi connectivity index (χ1v) is 16.2. The number of hydrogen-bond acceptors (Lipinski definition) is 8. The van der Waals surface area contributed by atoms with Crippen LogP contribution in [0.5, 0.6) is 5.75 Å². The van der Waals surface area contributed by atoms with Gasteiger partial charge in [0.15, 0.2) is 9.84 Å². The maximum atomic E-state index is 13.6. The van der Waals surface area contributed by atoms with E-state index in [9.17, 15) is 21.2 Å². The minimum Gasteiger partial charge on any atom is -0.493 e. The van der Waals surface area contributed by atoms with E-state index >= 15 is 0 Å². The average Bonchev–Trinajstić information content (AvgIpc) is 3.35. The van der Waals surface area contributed by atoms with Crippen LogP contribution in [-0.2, 0) is 25.4 Å². The van der Waals surface area contributed by atoms with Crippen molar-refractivity contribution in [1.82, 2.24) is 9.88 Å². The topological polar surface area (TPSA) is 93.6 Å². The van der Waals surface area contributed by atoms with Crippen molar-refractivity contribution in [3.63, 3.8) is 0 Å². The molecule has 2 aliphatic rings. The number of hydrogen-bond donors (Lipinski definition) is 0. The first kappa shape index (κ1) is 25.3. The summed E-state index contributed by atoms with van der Waals surface area (Å²) in [6.07, 6.45) is 4.45. The lowest BCUT2D eigenvalue weighted by Crippen LogP contribution is -2.44. The van der Waals surface area contributed by atoms with Gasteiger partial charge in [-0.15, -0.1) is 11.3 Å². The molecule has 1 saturated heterocycles. The molecule has 3 aromatic rings. The van der Waals surface area contributed by atoms with Gasteiger partial charge in [0.2, 0.25) is 0 Å². The van der Waals surface area contributed by atoms with Gasteiger partial charge in [0.05, 0.1) is 16.8 Å². The number of ether oxygens (including phenoxy) is 1. The lowest BCUT2D eigenvalue weighted by Gasteiger charge is -2.45. The maximum absolute atomic E-state index is 13.6. The van der Waals surface area contributed by atoms with E-state index in [0.717, 1.165) is 11.1 Å². The molecule has 0 N–H and O–H groups in total. The molecule has 0 aliphatic carbocycles. The summed E-state index contributed by atoms with van der Waals surface area (Å²) in [7, 11) is -6.82. The molecule has 0 amide bonds. The van der Waals surface area contributed by atoms with Crippen LogP contribution in [-0.4, -0.2) is 51.4 Å². The zero-order valence-corrected chi connectivity index (χ0v) is 22.2. The van der Waals surface area contributed by atoms with E-state index in [2.05, 4.69) is 9.88 Å². The molecule has 0 spiro atoms. The van der Waals surface area contributed by atoms with E-state index in [4.69, 9.17) is 4.74 Å². The van der Waals surface area contributed by atoms with Crippen LogP contribution >= 0.6 is 11.3 Å². The van der Waals surface area contributed by atoms with E-state index in [0.29, 0.717) is 43.2 Å². The third-order valence-corrected chi connectivity index (χ3v) is 11.2. The molecule has 0 bridgehead atoms. The fraction of sp³-hybridized carbons (Fsp3) is 0.400. The van der Waals surface area contributed by atoms with Crippen molar-refractivity contribution in [1.29, 1.82) is 0 Å². The first-order chi connectivity index (χ1) is 17.1. The zero-order valence-electron chi connectivity index (χ0n) is 19.7. The first-order valence-electron chi connectivity index (χ1n) is 11.7. The van der Waals surface area contributed by atoms with Crippen LogP contribution in [0.4, 0.5) is 4.39 Å². The Kier molecular flexibility index (Phi) is 6.92. The van der Waals surface area contributed by atoms with Crippen molar-refractivity contribution in [3.05, 3.63) is 76.0 Å². The lowest BCUT2D eigenvalue weighted by molar-refractivity contribution is 0.0680. The maximum Gasteiger partial charge on any atom is 0.185 e. The summed E-state index contributed by atoms with van der Waals surface area (Å²) in [5, 5.41) is 1.81. The number of rotatable bonds is 6. The number of benzene rings is 2. The molecule has 0 saturated carbocycles. The van der Waals surface area contributed by atoms with Gasteiger partial charge in [-0.05, 0) is 42.7 Å². The molecule has 2 aromatic carbocycles. The molecule has 1 aromatic heterocycles. The summed E-state index contributed by atoms with van der Waals surface area (Å²) in [6.45, 7) is 0.962. The summed E-state index contributed by atoms with van der Waals surface area (Å²) >= 11 is 1.30. The highest BCUT2D eigenvalue weighted by Crippen LogP contribution is 2.45. The fourth-order valence-electron chi connectivity index (χ4n) is 5.18. The molecule has 0 radical (unpaired) electrons. The second-order valence-electron chi connectivity index (χ2n) is 9.32. The summed E-state index contributed by atoms with van der Waals surface area (Å²) in [4.78, 5) is 6.54. The Morgan fingerprint density at radius 1 is 1.08 bits per heavy atom. The normalized spacial score (nSPS) is 23.1. The van der Waals surface area contributed by atoms with Crippen molar-refractivity contribution in [2.45, 2.75) is 47.2 Å². The number of thiazole rings is 1. The second kappa shape index (κ2) is 9.85. The highest BCUT2D eigenvalue weighted by Gasteiger charge is 2.40. The van der Waals surface area contributed by atoms with Crippen LogP contribution in [0.2, 0.25) is 0 Å². The van der Waals surface area contributed by atoms with Gasteiger partial charge in [0.1, 0.15) is 32.2 Å². The second-order valence-corrected chi connectivity index (χ2v) is 14.6. The summed E-state index contributed by atoms with van der Waals surface area (Å²) < 4.78 is 70.3. The minimum atomic E-state index is -3.59. The third kappa shape index (κ3) is 5.20. The molecule has 0 unspecified atom stereocenters. The van der Waals surface area contributed by atoms with E-state index < -0.39 is 24.9 Å². The van der Waals surface area contributed by atoms with Gasteiger partial charge >= 0.3 is 0 Å². The minimum absolute atomic E-state index is 0.0833. The van der Waals surface area contributed by atoms with Crippen molar-refractivity contribution in [2.24, 2.45) is 0 Å². The molecule has 2 aliphatic heterocycles. The largest absolute Gasteiger partial charge is 0.493 e. The standard InChI is InChI=1S/C25H27FN2O5S3/c1-35(29,30)19-8-11-28(23(14-19)17-2-4-18(26)5-3-17)22-9-12-33-24-15-20(6-7-21(22)24)36(31,32)16-25-27-10-13-34-25/h2-7,10,13,15,19,22-23H,8-9,11-12,14,16H2,1H3/t19-,22-,23+/m1/s1. The molecule has 11 heteroatoms. The number of aromatic nitrogens is 1. The van der Waals surface area contributed by atoms with Crippen molar-refractivity contribution in [2.75, 3.05) is 19.4 Å². The molecule has 7 nitrogen and oxygen atoms in total. The molecular formula is C25H27FN2O5S3. The predicted octanol–water partition coefficient (Wildman–Crippen LogP) is 4.33. The number of fused-ring (bicyclic) bond motifs is 1. The van der Waals surface area contributed by atoms with E-state index in [1.165, 1.54) is 29.7 Å². The molecule has 3 heterocycles. The third-order valence-electron chi connectivity index (χ3n) is 7.01. The number of sulfone groups is 2. The number of likely N-dealkylation sites (tertiary alicyclic amines) is 1. The summed E-state index contributed by atoms with van der Waals surface area (Å²) in [5.41, 5.74) is 1.74. The SMILES string of the molecule is CS(=O)(=O)[C@@H]1CCN([C@@H]2CCOc3cc(S(=O)(=O)Cc4nccs4)ccc32)[C@H](c2ccc(F)cc2)C1. The molecule has 36 heavy (non-hydrogen) atoms. The van der Waals surface area contributed by atoms with Crippen LogP contribution in [0.15, 0.2) is 58.9 Å². The van der Waals surface area contributed by atoms with Crippen LogP contribution < -0.4 is 4.74 Å². The highest BCUT2D eigenvalue weighted by atomic mass is 32.2. The average molecular weight is 551 g/mol. The van der Waals surface area contributed by atoms with Gasteiger partial charge in [-0.2, -0.15) is 0 Å². The van der Waals surface area contributed by atoms with Crippen LogP contribution in [0.25, 0.3) is 0 Å². The molecule has 1 fully saturated rings. The van der Waals surface area contributed by atoms with Gasteiger partial charge in [-0.25, -0.2) is 26.2 Å². The van der Waals surface area contributed by atoms with Crippen molar-refractivity contribution in [3.8, 4) is 5.75 Å². The fourth-order valence-corrected chi connectivity index (χ4v) is 8.52. The van der Waals surface area contributed by atoms with Crippen molar-refractivity contribution < 1.29 is 26.0 Å². The Morgan fingerprint density at radius 3 is 2.56 bits per heavy atom. The lowest BCUT2D eigenvalue weighted by atomic mass is 9.89. The Labute approximate surface area is 214 Å². The molecule has 192 valence electrons. The Bertz CT molecular complexity index is 1440. The monoisotopic (exact) mass is 550 g/mol. The van der Waals surface area contributed by atoms with Crippen LogP contribution in [0.3, 0.4) is 0 Å². The van der Waals surface area contributed by atoms with E-state index in [-0.39, 0.29) is 28.5 Å². The summed E-state index contributed by atoms with van der Waals surface area (Å²) in [5.74, 6) is 0.0108. The van der Waals surface area contributed by atoms with Crippen LogP contribution in [0, 0.1) is 5.82 Å². The summed E-state index contributed by atoms with van der Waals surface area (Å²) in [6, 6.07) is 10.9. The number of halogens is 1.